The molecule has 1 aromatic heterocycles. The molecule has 0 radical (unpaired) electrons. The Morgan fingerprint density at radius 3 is 2.43 bits per heavy atom. The first kappa shape index (κ1) is 33.4. The zero-order valence-corrected chi connectivity index (χ0v) is 25.1. The normalized spacial score (nSPS) is 24.2. The number of nitrogens with zero attached hydrogens (tertiary/aromatic N) is 1. The first-order valence-corrected chi connectivity index (χ1v) is 15.4. The molecule has 42 heavy (non-hydrogen) atoms. The lowest BCUT2D eigenvalue weighted by atomic mass is 9.87. The lowest BCUT2D eigenvalue weighted by Crippen LogP contribution is -2.50. The number of carbonyl (C=O) groups is 1. The fourth-order valence-electron chi connectivity index (χ4n) is 4.60. The summed E-state index contributed by atoms with van der Waals surface area (Å²) in [5.74, 6) is -0.471. The Labute approximate surface area is 244 Å². The number of nitrogens with one attached hydrogen (secondary N) is 2. The van der Waals surface area contributed by atoms with Crippen molar-refractivity contribution in [3.63, 3.8) is 0 Å². The van der Waals surface area contributed by atoms with E-state index in [0.717, 1.165) is 29.7 Å². The van der Waals surface area contributed by atoms with Crippen molar-refractivity contribution in [3.05, 3.63) is 75.6 Å². The van der Waals surface area contributed by atoms with Gasteiger partial charge in [-0.15, -0.1) is 0 Å². The molecule has 14 heteroatoms. The van der Waals surface area contributed by atoms with Crippen LogP contribution in [0.4, 0.5) is 0 Å². The predicted octanol–water partition coefficient (Wildman–Crippen LogP) is 2.80. The molecule has 1 fully saturated rings. The van der Waals surface area contributed by atoms with Crippen molar-refractivity contribution in [1.29, 1.82) is 0 Å². The third-order valence-corrected chi connectivity index (χ3v) is 8.50. The summed E-state index contributed by atoms with van der Waals surface area (Å²) in [5, 5.41) is 25.1. The van der Waals surface area contributed by atoms with Crippen molar-refractivity contribution in [2.75, 3.05) is 6.61 Å². The van der Waals surface area contributed by atoms with Gasteiger partial charge in [0.05, 0.1) is 6.61 Å². The smallest absolute Gasteiger partial charge is 0.459 e. The summed E-state index contributed by atoms with van der Waals surface area (Å²) in [4.78, 5) is 39.0. The number of esters is 1. The third kappa shape index (κ3) is 7.85. The molecule has 1 aliphatic rings. The van der Waals surface area contributed by atoms with Crippen LogP contribution in [-0.2, 0) is 23.4 Å². The van der Waals surface area contributed by atoms with Gasteiger partial charge in [-0.2, -0.15) is 5.09 Å². The monoisotopic (exact) mass is 609 g/mol. The molecule has 2 heterocycles. The summed E-state index contributed by atoms with van der Waals surface area (Å²) >= 11 is 0. The van der Waals surface area contributed by atoms with E-state index < -0.39 is 61.7 Å². The predicted molar refractivity (Wildman–Crippen MR) is 154 cm³/mol. The number of hydrogen-bond acceptors (Lipinski definition) is 10. The van der Waals surface area contributed by atoms with E-state index in [0.29, 0.717) is 12.8 Å². The molecule has 0 aliphatic carbocycles. The van der Waals surface area contributed by atoms with Gasteiger partial charge in [0.25, 0.3) is 5.56 Å². The fourth-order valence-corrected chi connectivity index (χ4v) is 6.10. The largest absolute Gasteiger partial charge is 0.461 e. The number of ether oxygens (including phenoxy) is 2. The Morgan fingerprint density at radius 2 is 1.86 bits per heavy atom. The van der Waals surface area contributed by atoms with E-state index in [-0.39, 0.29) is 17.4 Å². The van der Waals surface area contributed by atoms with Gasteiger partial charge in [-0.1, -0.05) is 51.5 Å². The third-order valence-electron chi connectivity index (χ3n) is 6.86. The van der Waals surface area contributed by atoms with Gasteiger partial charge in [-0.3, -0.25) is 23.7 Å². The van der Waals surface area contributed by atoms with Crippen LogP contribution in [0.3, 0.4) is 0 Å². The molecule has 1 saturated heterocycles. The summed E-state index contributed by atoms with van der Waals surface area (Å²) in [6, 6.07) is 8.06. The number of hydrogen-bond donors (Lipinski definition) is 4. The summed E-state index contributed by atoms with van der Waals surface area (Å²) in [5.41, 5.74) is -3.68. The Morgan fingerprint density at radius 1 is 1.21 bits per heavy atom. The van der Waals surface area contributed by atoms with Crippen LogP contribution in [0.15, 0.2) is 64.3 Å². The lowest BCUT2D eigenvalue weighted by molar-refractivity contribution is -0.151. The number of para-hydroxylation sites is 1. The first-order chi connectivity index (χ1) is 19.8. The van der Waals surface area contributed by atoms with Crippen LogP contribution in [0, 0.1) is 0 Å². The number of aliphatic hydroxyl groups is 2. The molecule has 0 spiro atoms. The maximum Gasteiger partial charge on any atom is 0.459 e. The molecular formula is C28H40N3O10P. The molecule has 4 N–H and O–H groups in total. The molecule has 6 atom stereocenters. The molecule has 0 amide bonds. The van der Waals surface area contributed by atoms with Gasteiger partial charge in [-0.25, -0.2) is 9.36 Å². The molecule has 2 aromatic rings. The van der Waals surface area contributed by atoms with E-state index >= 15 is 0 Å². The maximum absolute atomic E-state index is 14.0. The Kier molecular flexibility index (Phi) is 11.5. The zero-order chi connectivity index (χ0) is 31.1. The SMILES string of the molecule is C=C(C)[C@@]1(O)[C@H](O)[C@@H](COP(=O)(N[C@@H](C)C(=O)OC(CCC)CCC)Oc2ccccc2)O[C@H]1n1ccc(=O)[nH]c1=O. The zero-order valence-electron chi connectivity index (χ0n) is 24.2. The first-order valence-electron chi connectivity index (χ1n) is 13.9. The maximum atomic E-state index is 14.0. The van der Waals surface area contributed by atoms with Crippen LogP contribution in [0.1, 0.15) is 59.6 Å². The number of H-pyrrole nitrogens is 1. The fraction of sp³-hybridized carbons (Fsp3) is 0.536. The van der Waals surface area contributed by atoms with E-state index in [4.69, 9.17) is 18.5 Å². The van der Waals surface area contributed by atoms with Crippen LogP contribution >= 0.6 is 7.75 Å². The Balaban J connectivity index is 1.84. The summed E-state index contributed by atoms with van der Waals surface area (Å²) in [6.07, 6.45) is -0.711. The van der Waals surface area contributed by atoms with Crippen molar-refractivity contribution in [1.82, 2.24) is 14.6 Å². The molecular weight excluding hydrogens is 569 g/mol. The average Bonchev–Trinajstić information content (AvgIpc) is 3.19. The summed E-state index contributed by atoms with van der Waals surface area (Å²) < 4.78 is 37.6. The minimum atomic E-state index is -4.34. The number of benzene rings is 1. The minimum Gasteiger partial charge on any atom is -0.461 e. The van der Waals surface area contributed by atoms with Crippen LogP contribution in [0.5, 0.6) is 5.75 Å². The molecule has 232 valence electrons. The van der Waals surface area contributed by atoms with Gasteiger partial charge in [-0.05, 0) is 44.4 Å². The number of rotatable bonds is 15. The van der Waals surface area contributed by atoms with Crippen LogP contribution in [0.25, 0.3) is 0 Å². The number of carbonyl (C=O) groups excluding carboxylic acids is 1. The highest BCUT2D eigenvalue weighted by Crippen LogP contribution is 2.48. The standard InChI is InChI=1S/C28H40N3O10P/c1-6-11-20(12-7-2)39-25(34)19(5)30-42(37,41-21-13-9-8-10-14-21)38-17-22-24(33)28(36,18(3)4)26(40-22)31-16-15-23(32)29-27(31)35/h8-10,13-16,19-20,22,24,26,33,36H,3,6-7,11-12,17H2,1-2,4-5H3,(H,30,37)(H,29,32,35)/t19-,22+,24+,26+,28+,42?/m0/s1. The molecule has 3 rings (SSSR count). The van der Waals surface area contributed by atoms with E-state index in [2.05, 4.69) is 16.7 Å². The topological polar surface area (TPSA) is 178 Å². The highest BCUT2D eigenvalue weighted by atomic mass is 31.2. The highest BCUT2D eigenvalue weighted by Gasteiger charge is 2.57. The molecule has 0 bridgehead atoms. The number of aromatic nitrogens is 2. The van der Waals surface area contributed by atoms with Crippen LogP contribution in [-0.4, -0.2) is 62.3 Å². The second-order valence-electron chi connectivity index (χ2n) is 10.3. The molecule has 0 saturated carbocycles. The highest BCUT2D eigenvalue weighted by molar-refractivity contribution is 7.52. The number of aromatic amines is 1. The van der Waals surface area contributed by atoms with Crippen molar-refractivity contribution in [2.24, 2.45) is 0 Å². The van der Waals surface area contributed by atoms with Crippen molar-refractivity contribution < 1.29 is 38.1 Å². The average molecular weight is 610 g/mol. The molecule has 1 unspecified atom stereocenters. The van der Waals surface area contributed by atoms with E-state index in [1.54, 1.807) is 30.3 Å². The van der Waals surface area contributed by atoms with Crippen molar-refractivity contribution in [3.8, 4) is 5.75 Å². The summed E-state index contributed by atoms with van der Waals surface area (Å²) in [6.45, 7) is 10.00. The summed E-state index contributed by atoms with van der Waals surface area (Å²) in [7, 11) is -4.34. The van der Waals surface area contributed by atoms with Crippen molar-refractivity contribution >= 4 is 13.7 Å². The Hall–Kier alpha value is -3.06. The second kappa shape index (κ2) is 14.4. The van der Waals surface area contributed by atoms with Gasteiger partial charge in [0.2, 0.25) is 0 Å². The van der Waals surface area contributed by atoms with Crippen LogP contribution < -0.4 is 20.9 Å². The second-order valence-corrected chi connectivity index (χ2v) is 12.0. The minimum absolute atomic E-state index is 0.0625. The molecule has 1 aromatic carbocycles. The van der Waals surface area contributed by atoms with Crippen molar-refractivity contribution in [2.45, 2.75) is 89.6 Å². The van der Waals surface area contributed by atoms with Gasteiger partial charge >= 0.3 is 19.4 Å². The lowest BCUT2D eigenvalue weighted by Gasteiger charge is -2.32. The van der Waals surface area contributed by atoms with Gasteiger partial charge in [0.15, 0.2) is 11.8 Å². The quantitative estimate of drug-likeness (QED) is 0.133. The van der Waals surface area contributed by atoms with E-state index in [1.165, 1.54) is 13.8 Å². The molecule has 1 aliphatic heterocycles. The van der Waals surface area contributed by atoms with Crippen LogP contribution in [0.2, 0.25) is 0 Å². The number of aliphatic hydroxyl groups excluding tert-OH is 1. The van der Waals surface area contributed by atoms with Gasteiger partial charge in [0, 0.05) is 12.3 Å². The van der Waals surface area contributed by atoms with E-state index in [1.807, 2.05) is 13.8 Å². The van der Waals surface area contributed by atoms with Gasteiger partial charge in [0.1, 0.15) is 30.1 Å². The van der Waals surface area contributed by atoms with E-state index in [9.17, 15) is 29.2 Å². The molecule has 13 nitrogen and oxygen atoms in total. The Bertz CT molecular complexity index is 1370. The van der Waals surface area contributed by atoms with Gasteiger partial charge < -0.3 is 24.2 Å².